The molecule has 0 saturated heterocycles. The van der Waals surface area contributed by atoms with Crippen molar-refractivity contribution in [2.75, 3.05) is 7.05 Å². The number of hydrogen-bond donors (Lipinski definition) is 1. The lowest BCUT2D eigenvalue weighted by molar-refractivity contribution is 0.818. The molecule has 0 aliphatic heterocycles. The molecule has 0 atom stereocenters. The molecule has 9 heavy (non-hydrogen) atoms. The van der Waals surface area contributed by atoms with Gasteiger partial charge in [0.25, 0.3) is 0 Å². The predicted molar refractivity (Wildman–Crippen MR) is 44.8 cm³/mol. The Morgan fingerprint density at radius 1 is 1.78 bits per heavy atom. The first-order valence-corrected chi connectivity index (χ1v) is 4.38. The third kappa shape index (κ3) is 1.78. The molecule has 1 nitrogen and oxygen atoms in total. The largest absolute Gasteiger partial charge is 0.316 e. The SMILES string of the molecule is CNCc1ccsc1Br. The molecule has 1 N–H and O–H groups in total. The second kappa shape index (κ2) is 3.34. The van der Waals surface area contributed by atoms with Crippen LogP contribution in [-0.2, 0) is 6.54 Å². The van der Waals surface area contributed by atoms with Crippen LogP contribution in [0.2, 0.25) is 0 Å². The molecule has 0 spiro atoms. The summed E-state index contributed by atoms with van der Waals surface area (Å²) < 4.78 is 1.23. The molecule has 1 heterocycles. The summed E-state index contributed by atoms with van der Waals surface area (Å²) in [6, 6.07) is 2.12. The summed E-state index contributed by atoms with van der Waals surface area (Å²) >= 11 is 5.17. The van der Waals surface area contributed by atoms with Crippen molar-refractivity contribution in [1.82, 2.24) is 5.32 Å². The van der Waals surface area contributed by atoms with Gasteiger partial charge < -0.3 is 5.32 Å². The average Bonchev–Trinajstić information content (AvgIpc) is 2.18. The lowest BCUT2D eigenvalue weighted by Gasteiger charge is -1.93. The predicted octanol–water partition coefficient (Wildman–Crippen LogP) is 2.23. The maximum Gasteiger partial charge on any atom is 0.0743 e. The highest BCUT2D eigenvalue weighted by Gasteiger charge is 1.96. The van der Waals surface area contributed by atoms with Crippen molar-refractivity contribution in [3.8, 4) is 0 Å². The zero-order valence-electron chi connectivity index (χ0n) is 5.15. The Morgan fingerprint density at radius 3 is 3.00 bits per heavy atom. The van der Waals surface area contributed by atoms with Gasteiger partial charge in [-0.25, -0.2) is 0 Å². The standard InChI is InChI=1S/C6H8BrNS/c1-8-4-5-2-3-9-6(5)7/h2-3,8H,4H2,1H3. The second-order valence-electron chi connectivity index (χ2n) is 1.75. The van der Waals surface area contributed by atoms with E-state index in [4.69, 9.17) is 0 Å². The van der Waals surface area contributed by atoms with Crippen LogP contribution in [-0.4, -0.2) is 7.05 Å². The number of nitrogens with one attached hydrogen (secondary N) is 1. The van der Waals surface area contributed by atoms with E-state index in [-0.39, 0.29) is 0 Å². The number of thiophene rings is 1. The Balaban J connectivity index is 2.69. The molecule has 1 aromatic heterocycles. The third-order valence-corrected chi connectivity index (χ3v) is 2.87. The van der Waals surface area contributed by atoms with Crippen LogP contribution in [0.5, 0.6) is 0 Å². The molecule has 0 amide bonds. The highest BCUT2D eigenvalue weighted by Crippen LogP contribution is 2.22. The molecule has 1 aromatic rings. The van der Waals surface area contributed by atoms with Gasteiger partial charge in [0.05, 0.1) is 3.79 Å². The zero-order chi connectivity index (χ0) is 6.69. The van der Waals surface area contributed by atoms with Crippen LogP contribution >= 0.6 is 27.3 Å². The lowest BCUT2D eigenvalue weighted by atomic mass is 10.3. The summed E-state index contributed by atoms with van der Waals surface area (Å²) in [5, 5.41) is 5.17. The van der Waals surface area contributed by atoms with Crippen LogP contribution in [0.15, 0.2) is 15.2 Å². The third-order valence-electron chi connectivity index (χ3n) is 1.06. The smallest absolute Gasteiger partial charge is 0.0743 e. The molecule has 0 aromatic carbocycles. The molecule has 0 fully saturated rings. The Bertz CT molecular complexity index is 185. The molecule has 50 valence electrons. The molecule has 0 bridgehead atoms. The first kappa shape index (κ1) is 7.25. The van der Waals surface area contributed by atoms with E-state index in [2.05, 4.69) is 32.7 Å². The van der Waals surface area contributed by atoms with Gasteiger partial charge >= 0.3 is 0 Å². The van der Waals surface area contributed by atoms with Crippen molar-refractivity contribution >= 4 is 27.3 Å². The lowest BCUT2D eigenvalue weighted by Crippen LogP contribution is -2.03. The van der Waals surface area contributed by atoms with Crippen LogP contribution < -0.4 is 5.32 Å². The van der Waals surface area contributed by atoms with Gasteiger partial charge in [0.15, 0.2) is 0 Å². The Labute approximate surface area is 67.2 Å². The fourth-order valence-corrected chi connectivity index (χ4v) is 1.88. The van der Waals surface area contributed by atoms with Crippen LogP contribution in [0, 0.1) is 0 Å². The highest BCUT2D eigenvalue weighted by molar-refractivity contribution is 9.11. The van der Waals surface area contributed by atoms with Crippen molar-refractivity contribution in [2.45, 2.75) is 6.54 Å². The van der Waals surface area contributed by atoms with E-state index in [1.807, 2.05) is 7.05 Å². The topological polar surface area (TPSA) is 12.0 Å². The average molecular weight is 206 g/mol. The summed E-state index contributed by atoms with van der Waals surface area (Å²) in [6.45, 7) is 0.948. The van der Waals surface area contributed by atoms with E-state index >= 15 is 0 Å². The molecule has 0 radical (unpaired) electrons. The van der Waals surface area contributed by atoms with Crippen molar-refractivity contribution < 1.29 is 0 Å². The highest BCUT2D eigenvalue weighted by atomic mass is 79.9. The molecule has 1 rings (SSSR count). The fraction of sp³-hybridized carbons (Fsp3) is 0.333. The Morgan fingerprint density at radius 2 is 2.56 bits per heavy atom. The molecule has 0 saturated carbocycles. The molecule has 0 unspecified atom stereocenters. The van der Waals surface area contributed by atoms with Gasteiger partial charge in [-0.15, -0.1) is 11.3 Å². The van der Waals surface area contributed by atoms with Crippen LogP contribution in [0.4, 0.5) is 0 Å². The van der Waals surface area contributed by atoms with Crippen molar-refractivity contribution in [3.63, 3.8) is 0 Å². The summed E-state index contributed by atoms with van der Waals surface area (Å²) in [5.41, 5.74) is 1.34. The molecule has 0 aliphatic rings. The van der Waals surface area contributed by atoms with Crippen LogP contribution in [0.1, 0.15) is 5.56 Å². The van der Waals surface area contributed by atoms with E-state index in [1.54, 1.807) is 11.3 Å². The van der Waals surface area contributed by atoms with Crippen LogP contribution in [0.25, 0.3) is 0 Å². The number of hydrogen-bond acceptors (Lipinski definition) is 2. The van der Waals surface area contributed by atoms with E-state index in [0.717, 1.165) is 6.54 Å². The fourth-order valence-electron chi connectivity index (χ4n) is 0.636. The molecule has 3 heteroatoms. The van der Waals surface area contributed by atoms with Crippen molar-refractivity contribution in [2.24, 2.45) is 0 Å². The molecule has 0 aliphatic carbocycles. The molecular formula is C6H8BrNS. The zero-order valence-corrected chi connectivity index (χ0v) is 7.55. The van der Waals surface area contributed by atoms with E-state index in [1.165, 1.54) is 9.35 Å². The van der Waals surface area contributed by atoms with Crippen LogP contribution in [0.3, 0.4) is 0 Å². The summed E-state index contributed by atoms with van der Waals surface area (Å²) in [7, 11) is 1.95. The van der Waals surface area contributed by atoms with E-state index in [0.29, 0.717) is 0 Å². The number of halogens is 1. The summed E-state index contributed by atoms with van der Waals surface area (Å²) in [5.74, 6) is 0. The summed E-state index contributed by atoms with van der Waals surface area (Å²) in [4.78, 5) is 0. The maximum absolute atomic E-state index is 3.45. The van der Waals surface area contributed by atoms with Gasteiger partial charge in [0, 0.05) is 6.54 Å². The van der Waals surface area contributed by atoms with Gasteiger partial charge in [-0.2, -0.15) is 0 Å². The number of rotatable bonds is 2. The second-order valence-corrected chi connectivity index (χ2v) is 3.98. The van der Waals surface area contributed by atoms with E-state index < -0.39 is 0 Å². The normalized spacial score (nSPS) is 10.0. The molecular weight excluding hydrogens is 198 g/mol. The minimum atomic E-state index is 0.948. The van der Waals surface area contributed by atoms with Crippen molar-refractivity contribution in [1.29, 1.82) is 0 Å². The first-order chi connectivity index (χ1) is 4.34. The van der Waals surface area contributed by atoms with Crippen molar-refractivity contribution in [3.05, 3.63) is 20.8 Å². The summed E-state index contributed by atoms with van der Waals surface area (Å²) in [6.07, 6.45) is 0. The van der Waals surface area contributed by atoms with Gasteiger partial charge in [-0.1, -0.05) is 0 Å². The first-order valence-electron chi connectivity index (χ1n) is 2.71. The minimum Gasteiger partial charge on any atom is -0.316 e. The minimum absolute atomic E-state index is 0.948. The Kier molecular flexibility index (Phi) is 2.69. The monoisotopic (exact) mass is 205 g/mol. The van der Waals surface area contributed by atoms with Gasteiger partial charge in [0.1, 0.15) is 0 Å². The van der Waals surface area contributed by atoms with Gasteiger partial charge in [-0.3, -0.25) is 0 Å². The maximum atomic E-state index is 3.45. The van der Waals surface area contributed by atoms with Gasteiger partial charge in [-0.05, 0) is 40.0 Å². The van der Waals surface area contributed by atoms with E-state index in [9.17, 15) is 0 Å². The van der Waals surface area contributed by atoms with Gasteiger partial charge in [0.2, 0.25) is 0 Å². The Hall–Kier alpha value is 0.140. The quantitative estimate of drug-likeness (QED) is 0.782.